The summed E-state index contributed by atoms with van der Waals surface area (Å²) in [6.07, 6.45) is 0. The van der Waals surface area contributed by atoms with Gasteiger partial charge in [0.05, 0.1) is 10.6 Å². The third-order valence-electron chi connectivity index (χ3n) is 16.0. The van der Waals surface area contributed by atoms with Gasteiger partial charge in [-0.25, -0.2) is 22.0 Å². The number of rotatable bonds is 17. The first-order valence-electron chi connectivity index (χ1n) is 33.4. The summed E-state index contributed by atoms with van der Waals surface area (Å²) in [4.78, 5) is -0.405. The van der Waals surface area contributed by atoms with Crippen LogP contribution in [-0.2, 0) is 40.5 Å². The molecule has 105 heavy (non-hydrogen) atoms. The summed E-state index contributed by atoms with van der Waals surface area (Å²) in [5.41, 5.74) is 0.961. The molecule has 0 saturated heterocycles. The fraction of sp³-hybridized carbons (Fsp3) is 0. The number of primary sulfonamides is 1. The van der Waals surface area contributed by atoms with Crippen molar-refractivity contribution in [3.63, 3.8) is 0 Å². The first kappa shape index (κ1) is 78.5. The fourth-order valence-electron chi connectivity index (χ4n) is 11.3. The fourth-order valence-corrected chi connectivity index (χ4v) is 22.8. The minimum absolute atomic E-state index is 0. The molecule has 0 unspecified atom stereocenters. The quantitative estimate of drug-likeness (QED) is 0.0700. The molecule has 15 aromatic carbocycles. The van der Waals surface area contributed by atoms with Gasteiger partial charge in [-0.2, -0.15) is 0 Å². The molecule has 0 heterocycles. The summed E-state index contributed by atoms with van der Waals surface area (Å²) in [6, 6.07) is 146. The van der Waals surface area contributed by atoms with E-state index in [1.54, 1.807) is 30.3 Å². The Balaban J connectivity index is 0.000000142. The van der Waals surface area contributed by atoms with Gasteiger partial charge in [-0.05, 0) is 143 Å². The normalized spacial score (nSPS) is 10.8. The van der Waals surface area contributed by atoms with Crippen molar-refractivity contribution in [2.45, 2.75) is 9.79 Å². The van der Waals surface area contributed by atoms with Crippen molar-refractivity contribution in [2.75, 3.05) is 4.72 Å². The maximum absolute atomic E-state index is 12.8. The zero-order chi connectivity index (χ0) is 72.2. The van der Waals surface area contributed by atoms with Gasteiger partial charge in [0.15, 0.2) is 0 Å². The van der Waals surface area contributed by atoms with Crippen molar-refractivity contribution in [3.05, 3.63) is 441 Å². The van der Waals surface area contributed by atoms with Crippen LogP contribution in [0.3, 0.4) is 0 Å². The molecule has 0 bridgehead atoms. The average Bonchev–Trinajstić information content (AvgIpc) is 0.796. The first-order valence-corrected chi connectivity index (χ1v) is 42.5. The maximum Gasteiger partial charge on any atom is 0.261 e. The van der Waals surface area contributed by atoms with Crippen molar-refractivity contribution in [3.8, 4) is 11.1 Å². The molecule has 0 aliphatic carbocycles. The van der Waals surface area contributed by atoms with E-state index in [1.165, 1.54) is 100 Å². The van der Waals surface area contributed by atoms with Gasteiger partial charge in [0, 0.05) is 36.0 Å². The van der Waals surface area contributed by atoms with E-state index < -0.39 is 51.7 Å². The molecule has 0 radical (unpaired) electrons. The summed E-state index contributed by atoms with van der Waals surface area (Å²) in [6.45, 7) is 0. The SMILES string of the molecule is NS(=O)(=O)c1ccccc1NS(=O)(=O)c1cccc(-c2cc(Cl)ccc2Cl)c1.[Pd].c1ccc(P(c2ccccc2)c2ccccc2)cc1.c1ccc(P(c2ccccc2)c2ccccc2)cc1.c1ccc(P(c2ccccc2)c2ccccc2)cc1.c1ccc(P(c2ccccc2)c2ccccc2)cc1. The molecule has 15 rings (SSSR count). The number of nitrogens with two attached hydrogens (primary N) is 1. The van der Waals surface area contributed by atoms with E-state index in [2.05, 4.69) is 369 Å². The Morgan fingerprint density at radius 3 is 0.724 bits per heavy atom. The number of halogens is 2. The summed E-state index contributed by atoms with van der Waals surface area (Å²) in [7, 11) is -9.99. The van der Waals surface area contributed by atoms with Gasteiger partial charge in [0.25, 0.3) is 10.0 Å². The third-order valence-corrected chi connectivity index (χ3v) is 28.7. The van der Waals surface area contributed by atoms with Crippen LogP contribution in [0.5, 0.6) is 0 Å². The van der Waals surface area contributed by atoms with Gasteiger partial charge in [-0.1, -0.05) is 411 Å². The van der Waals surface area contributed by atoms with E-state index in [4.69, 9.17) is 28.3 Å². The summed E-state index contributed by atoms with van der Waals surface area (Å²) >= 11 is 12.2. The van der Waals surface area contributed by atoms with Crippen LogP contribution in [0.1, 0.15) is 0 Å². The van der Waals surface area contributed by atoms with E-state index in [9.17, 15) is 16.8 Å². The molecule has 0 fully saturated rings. The predicted octanol–water partition coefficient (Wildman–Crippen LogP) is 17.9. The summed E-state index contributed by atoms with van der Waals surface area (Å²) in [5, 5.41) is 22.8. The molecule has 0 aromatic heterocycles. The number of sulfonamides is 2. The van der Waals surface area contributed by atoms with E-state index in [0.717, 1.165) is 0 Å². The van der Waals surface area contributed by atoms with Gasteiger partial charge in [0.1, 0.15) is 4.90 Å². The van der Waals surface area contributed by atoms with Crippen molar-refractivity contribution in [1.29, 1.82) is 0 Å². The zero-order valence-corrected chi connectivity index (χ0v) is 65.2. The van der Waals surface area contributed by atoms with Gasteiger partial charge >= 0.3 is 0 Å². The van der Waals surface area contributed by atoms with Crippen molar-refractivity contribution in [1.82, 2.24) is 0 Å². The van der Waals surface area contributed by atoms with Gasteiger partial charge in [0.2, 0.25) is 10.0 Å². The Kier molecular flexibility index (Phi) is 30.2. The molecule has 0 amide bonds. The van der Waals surface area contributed by atoms with E-state index in [0.29, 0.717) is 21.2 Å². The summed E-state index contributed by atoms with van der Waals surface area (Å²) < 4.78 is 51.3. The zero-order valence-electron chi connectivity index (χ0n) is 56.9. The first-order chi connectivity index (χ1) is 50.9. The molecule has 15 aromatic rings. The van der Waals surface area contributed by atoms with E-state index in [1.807, 2.05) is 0 Å². The second-order valence-corrected chi connectivity index (χ2v) is 36.1. The standard InChI is InChI=1S/C18H14Cl2N2O4S2.4C18H15P.Pd/c19-13-8-9-16(20)15(11-13)12-4-3-5-14(10-12)28(25,26)22-17-6-1-2-7-18(17)27(21,23)24;4*1-4-10-16(11-5-1)19(17-12-6-2-7-13-17)18-14-8-3-9-15-18;/h1-11,22H,(H2,21,23,24);4*1-15H;. The van der Waals surface area contributed by atoms with Crippen LogP contribution in [0.25, 0.3) is 11.1 Å². The number of anilines is 1. The Morgan fingerprint density at radius 1 is 0.257 bits per heavy atom. The Hall–Kier alpha value is -9.08. The average molecular weight is 1610 g/mol. The molecular weight excluding hydrogens is 1540 g/mol. The van der Waals surface area contributed by atoms with Crippen LogP contribution in [0.2, 0.25) is 10.0 Å². The van der Waals surface area contributed by atoms with Crippen molar-refractivity contribution in [2.24, 2.45) is 5.14 Å². The Bertz CT molecular complexity index is 4450. The molecule has 0 aliphatic heterocycles. The van der Waals surface area contributed by atoms with Crippen LogP contribution in [0.15, 0.2) is 441 Å². The second kappa shape index (κ2) is 40.4. The molecule has 15 heteroatoms. The second-order valence-electron chi connectivity index (χ2n) is 23.2. The number of hydrogen-bond donors (Lipinski definition) is 2. The minimum atomic E-state index is -4.11. The molecule has 3 N–H and O–H groups in total. The van der Waals surface area contributed by atoms with Crippen molar-refractivity contribution < 1.29 is 37.3 Å². The van der Waals surface area contributed by atoms with Crippen LogP contribution in [0.4, 0.5) is 5.69 Å². The number of nitrogens with one attached hydrogen (secondary N) is 1. The molecular formula is C90H74Cl2N2O4P4PdS2. The van der Waals surface area contributed by atoms with E-state index >= 15 is 0 Å². The van der Waals surface area contributed by atoms with Crippen LogP contribution in [-0.4, -0.2) is 16.8 Å². The molecule has 0 saturated carbocycles. The van der Waals surface area contributed by atoms with Crippen LogP contribution < -0.4 is 73.5 Å². The molecule has 0 atom stereocenters. The minimum Gasteiger partial charge on any atom is -0.278 e. The van der Waals surface area contributed by atoms with Gasteiger partial charge in [-0.15, -0.1) is 0 Å². The van der Waals surface area contributed by atoms with Crippen molar-refractivity contribution >= 4 is 144 Å². The largest absolute Gasteiger partial charge is 0.278 e. The van der Waals surface area contributed by atoms with E-state index in [-0.39, 0.29) is 35.9 Å². The Morgan fingerprint density at radius 2 is 0.486 bits per heavy atom. The van der Waals surface area contributed by atoms with Gasteiger partial charge in [-0.3, -0.25) is 4.72 Å². The number of hydrogen-bond acceptors (Lipinski definition) is 4. The van der Waals surface area contributed by atoms with Gasteiger partial charge < -0.3 is 0 Å². The third kappa shape index (κ3) is 22.7. The smallest absolute Gasteiger partial charge is 0.261 e. The van der Waals surface area contributed by atoms with Crippen LogP contribution in [0, 0.1) is 0 Å². The van der Waals surface area contributed by atoms with Crippen LogP contribution >= 0.6 is 54.9 Å². The predicted molar refractivity (Wildman–Crippen MR) is 451 cm³/mol. The topological polar surface area (TPSA) is 106 Å². The molecule has 0 aliphatic rings. The number of para-hydroxylation sites is 1. The molecule has 6 nitrogen and oxygen atoms in total. The summed E-state index contributed by atoms with van der Waals surface area (Å²) in [5.74, 6) is 0. The Labute approximate surface area is 647 Å². The monoisotopic (exact) mass is 1610 g/mol. The molecule has 524 valence electrons. The maximum atomic E-state index is 12.8. The molecule has 0 spiro atoms. The number of benzene rings is 15.